The van der Waals surface area contributed by atoms with Crippen molar-refractivity contribution in [3.8, 4) is 5.75 Å². The Morgan fingerprint density at radius 1 is 1.22 bits per heavy atom. The Balaban J connectivity index is 1.76. The van der Waals surface area contributed by atoms with Gasteiger partial charge in [0.1, 0.15) is 12.4 Å². The van der Waals surface area contributed by atoms with Gasteiger partial charge in [-0.15, -0.1) is 0 Å². The Kier molecular flexibility index (Phi) is 5.93. The van der Waals surface area contributed by atoms with Crippen molar-refractivity contribution in [2.24, 2.45) is 0 Å². The van der Waals surface area contributed by atoms with E-state index in [1.807, 2.05) is 31.2 Å². The van der Waals surface area contributed by atoms with E-state index in [0.29, 0.717) is 49.0 Å². The minimum atomic E-state index is -0.267. The van der Waals surface area contributed by atoms with E-state index >= 15 is 0 Å². The van der Waals surface area contributed by atoms with Crippen molar-refractivity contribution in [2.75, 3.05) is 43.6 Å². The summed E-state index contributed by atoms with van der Waals surface area (Å²) in [6.45, 7) is 3.99. The molecule has 1 saturated heterocycles. The van der Waals surface area contributed by atoms with Gasteiger partial charge in [0.2, 0.25) is 0 Å². The van der Waals surface area contributed by atoms with Gasteiger partial charge in [0, 0.05) is 31.5 Å². The molecule has 0 radical (unpaired) electrons. The van der Waals surface area contributed by atoms with Gasteiger partial charge in [0.05, 0.1) is 12.3 Å². The lowest BCUT2D eigenvalue weighted by Gasteiger charge is -2.16. The Morgan fingerprint density at radius 3 is 2.81 bits per heavy atom. The lowest BCUT2D eigenvalue weighted by atomic mass is 10.1. The highest BCUT2D eigenvalue weighted by Crippen LogP contribution is 2.27. The molecule has 1 heterocycles. The average molecular weight is 369 g/mol. The summed E-state index contributed by atoms with van der Waals surface area (Å²) in [5.41, 5.74) is 2.78. The van der Waals surface area contributed by atoms with E-state index in [4.69, 9.17) is 9.47 Å². The summed E-state index contributed by atoms with van der Waals surface area (Å²) in [6.07, 6.45) is 0. The van der Waals surface area contributed by atoms with Crippen LogP contribution in [0.25, 0.3) is 0 Å². The molecule has 0 unspecified atom stereocenters. The van der Waals surface area contributed by atoms with Crippen LogP contribution in [0.5, 0.6) is 5.75 Å². The lowest BCUT2D eigenvalue weighted by Crippen LogP contribution is -2.27. The number of nitrogens with zero attached hydrogens (tertiary/aromatic N) is 1. The maximum Gasteiger partial charge on any atom is 0.321 e. The molecule has 0 saturated carbocycles. The number of benzene rings is 2. The lowest BCUT2D eigenvalue weighted by molar-refractivity contribution is 0.102. The fourth-order valence-electron chi connectivity index (χ4n) is 2.81. The van der Waals surface area contributed by atoms with Gasteiger partial charge in [-0.05, 0) is 42.8 Å². The van der Waals surface area contributed by atoms with Gasteiger partial charge in [-0.25, -0.2) is 4.79 Å². The monoisotopic (exact) mass is 369 g/mol. The number of rotatable bonds is 7. The zero-order valence-electron chi connectivity index (χ0n) is 15.5. The molecule has 2 aromatic rings. The zero-order chi connectivity index (χ0) is 19.2. The normalized spacial score (nSPS) is 13.4. The number of amides is 3. The molecule has 0 aromatic heterocycles. The van der Waals surface area contributed by atoms with Crippen molar-refractivity contribution < 1.29 is 19.1 Å². The van der Waals surface area contributed by atoms with Crippen LogP contribution in [0.15, 0.2) is 42.5 Å². The molecule has 7 nitrogen and oxygen atoms in total. The topological polar surface area (TPSA) is 79.9 Å². The maximum atomic E-state index is 12.7. The molecule has 142 valence electrons. The van der Waals surface area contributed by atoms with E-state index in [0.717, 1.165) is 5.56 Å². The molecule has 1 aliphatic rings. The van der Waals surface area contributed by atoms with Crippen LogP contribution < -0.4 is 20.3 Å². The minimum absolute atomic E-state index is 0.153. The first-order valence-corrected chi connectivity index (χ1v) is 8.77. The highest BCUT2D eigenvalue weighted by Gasteiger charge is 2.22. The van der Waals surface area contributed by atoms with Crippen molar-refractivity contribution in [2.45, 2.75) is 6.92 Å². The number of carbonyl (C=O) groups excluding carboxylic acids is 2. The van der Waals surface area contributed by atoms with Gasteiger partial charge in [-0.1, -0.05) is 12.1 Å². The van der Waals surface area contributed by atoms with Crippen molar-refractivity contribution in [1.82, 2.24) is 5.32 Å². The second-order valence-corrected chi connectivity index (χ2v) is 6.23. The highest BCUT2D eigenvalue weighted by molar-refractivity contribution is 6.06. The molecule has 3 rings (SSSR count). The third-order valence-corrected chi connectivity index (χ3v) is 4.21. The number of anilines is 2. The van der Waals surface area contributed by atoms with Crippen molar-refractivity contribution in [3.05, 3.63) is 53.6 Å². The smallest absolute Gasteiger partial charge is 0.321 e. The Bertz CT molecular complexity index is 838. The minimum Gasteiger partial charge on any atom is -0.489 e. The van der Waals surface area contributed by atoms with Gasteiger partial charge in [-0.3, -0.25) is 9.69 Å². The third kappa shape index (κ3) is 4.57. The van der Waals surface area contributed by atoms with Crippen LogP contribution in [0.2, 0.25) is 0 Å². The van der Waals surface area contributed by atoms with Crippen molar-refractivity contribution in [1.29, 1.82) is 0 Å². The number of nitrogens with one attached hydrogen (secondary N) is 2. The molecule has 1 aliphatic heterocycles. The molecule has 7 heteroatoms. The van der Waals surface area contributed by atoms with Crippen LogP contribution in [0.1, 0.15) is 15.9 Å². The van der Waals surface area contributed by atoms with E-state index in [-0.39, 0.29) is 11.9 Å². The van der Waals surface area contributed by atoms with Gasteiger partial charge >= 0.3 is 6.03 Å². The molecule has 0 bridgehead atoms. The molecular weight excluding hydrogens is 346 g/mol. The Hall–Kier alpha value is -3.06. The van der Waals surface area contributed by atoms with Gasteiger partial charge in [0.15, 0.2) is 0 Å². The number of ether oxygens (including phenoxy) is 2. The third-order valence-electron chi connectivity index (χ3n) is 4.21. The summed E-state index contributed by atoms with van der Waals surface area (Å²) in [4.78, 5) is 26.2. The molecule has 1 fully saturated rings. The SMILES string of the molecule is COCCOc1cc(C)ccc1NC(=O)c1cccc(N2CCNC2=O)c1. The molecule has 2 aromatic carbocycles. The zero-order valence-corrected chi connectivity index (χ0v) is 15.5. The highest BCUT2D eigenvalue weighted by atomic mass is 16.5. The van der Waals surface area contributed by atoms with Gasteiger partial charge in [0.25, 0.3) is 5.91 Å². The van der Waals surface area contributed by atoms with E-state index in [2.05, 4.69) is 10.6 Å². The summed E-state index contributed by atoms with van der Waals surface area (Å²) in [5.74, 6) is 0.326. The van der Waals surface area contributed by atoms with Crippen molar-refractivity contribution >= 4 is 23.3 Å². The molecule has 27 heavy (non-hydrogen) atoms. The first-order valence-electron chi connectivity index (χ1n) is 8.77. The van der Waals surface area contributed by atoms with Crippen LogP contribution in [-0.4, -0.2) is 45.4 Å². The largest absolute Gasteiger partial charge is 0.489 e. The van der Waals surface area contributed by atoms with Crippen LogP contribution in [0.4, 0.5) is 16.2 Å². The average Bonchev–Trinajstić information content (AvgIpc) is 3.10. The van der Waals surface area contributed by atoms with Crippen molar-refractivity contribution in [3.63, 3.8) is 0 Å². The van der Waals surface area contributed by atoms with Gasteiger partial charge < -0.3 is 20.1 Å². The summed E-state index contributed by atoms with van der Waals surface area (Å²) in [5, 5.41) is 5.64. The van der Waals surface area contributed by atoms with Crippen LogP contribution in [0, 0.1) is 6.92 Å². The predicted molar refractivity (Wildman–Crippen MR) is 104 cm³/mol. The number of methoxy groups -OCH3 is 1. The Labute approximate surface area is 158 Å². The van der Waals surface area contributed by atoms with Crippen LogP contribution in [0.3, 0.4) is 0 Å². The number of carbonyl (C=O) groups is 2. The van der Waals surface area contributed by atoms with Crippen LogP contribution >= 0.6 is 0 Å². The summed E-state index contributed by atoms with van der Waals surface area (Å²) >= 11 is 0. The maximum absolute atomic E-state index is 12.7. The number of hydrogen-bond acceptors (Lipinski definition) is 4. The molecule has 0 atom stereocenters. The fraction of sp³-hybridized carbons (Fsp3) is 0.300. The molecule has 3 amide bonds. The number of hydrogen-bond donors (Lipinski definition) is 2. The second-order valence-electron chi connectivity index (χ2n) is 6.23. The van der Waals surface area contributed by atoms with E-state index < -0.39 is 0 Å². The quantitative estimate of drug-likeness (QED) is 0.736. The van der Waals surface area contributed by atoms with E-state index in [9.17, 15) is 9.59 Å². The first kappa shape index (κ1) is 18.7. The summed E-state index contributed by atoms with van der Waals surface area (Å²) in [6, 6.07) is 12.4. The standard InChI is InChI=1S/C20H23N3O4/c1-14-6-7-17(18(12-14)27-11-10-26-2)22-19(24)15-4-3-5-16(13-15)23-9-8-21-20(23)25/h3-7,12-13H,8-11H2,1-2H3,(H,21,25)(H,22,24). The predicted octanol–water partition coefficient (Wildman–Crippen LogP) is 2.80. The fourth-order valence-corrected chi connectivity index (χ4v) is 2.81. The molecular formula is C20H23N3O4. The summed E-state index contributed by atoms with van der Waals surface area (Å²) in [7, 11) is 1.61. The number of aryl methyl sites for hydroxylation is 1. The van der Waals surface area contributed by atoms with Gasteiger partial charge in [-0.2, -0.15) is 0 Å². The second kappa shape index (κ2) is 8.55. The molecule has 2 N–H and O–H groups in total. The molecule has 0 aliphatic carbocycles. The van der Waals surface area contributed by atoms with E-state index in [1.54, 1.807) is 30.2 Å². The Morgan fingerprint density at radius 2 is 2.07 bits per heavy atom. The van der Waals surface area contributed by atoms with E-state index in [1.165, 1.54) is 0 Å². The number of urea groups is 1. The van der Waals surface area contributed by atoms with Crippen LogP contribution in [-0.2, 0) is 4.74 Å². The molecule has 0 spiro atoms. The summed E-state index contributed by atoms with van der Waals surface area (Å²) < 4.78 is 10.7. The first-order chi connectivity index (χ1) is 13.1.